The summed E-state index contributed by atoms with van der Waals surface area (Å²) in [5, 5.41) is 13.1. The Morgan fingerprint density at radius 1 is 1.14 bits per heavy atom. The van der Waals surface area contributed by atoms with Gasteiger partial charge in [-0.05, 0) is 55.9 Å². The van der Waals surface area contributed by atoms with Crippen LogP contribution in [0, 0.1) is 5.92 Å². The van der Waals surface area contributed by atoms with Crippen molar-refractivity contribution in [2.45, 2.75) is 76.9 Å². The first-order valence-corrected chi connectivity index (χ1v) is 13.0. The lowest BCUT2D eigenvalue weighted by molar-refractivity contribution is -0.119. The number of benzene rings is 1. The Labute approximate surface area is 212 Å². The molecule has 1 aliphatic heterocycles. The third kappa shape index (κ3) is 6.72. The standard InChI is InChI=1S/C27H37N5O4/c1-18-16-24(33)30-22-17-21(11-10-19(22)13-15-36-18)29-27(35)25(20-8-6-4-3-5-7-9-20)31-26(34)23-12-14-28-32(23)2/h10-12,14,17-18,20,25H,3-9,13,15-16H2,1-2H3,(H,29,35)(H,30,33)(H,31,34)/t18-,25?/m1/s1. The van der Waals surface area contributed by atoms with Gasteiger partial charge in [-0.25, -0.2) is 0 Å². The van der Waals surface area contributed by atoms with Crippen LogP contribution in [0.3, 0.4) is 0 Å². The lowest BCUT2D eigenvalue weighted by atomic mass is 9.85. The Morgan fingerprint density at radius 2 is 1.89 bits per heavy atom. The van der Waals surface area contributed by atoms with E-state index in [1.165, 1.54) is 11.1 Å². The number of ether oxygens (including phenoxy) is 1. The quantitative estimate of drug-likeness (QED) is 0.584. The number of fused-ring (bicyclic) bond motifs is 1. The number of nitrogens with one attached hydrogen (secondary N) is 3. The van der Waals surface area contributed by atoms with Crippen molar-refractivity contribution in [1.82, 2.24) is 15.1 Å². The van der Waals surface area contributed by atoms with Crippen molar-refractivity contribution in [3.8, 4) is 0 Å². The summed E-state index contributed by atoms with van der Waals surface area (Å²) in [6, 6.07) is 6.51. The molecule has 2 heterocycles. The highest BCUT2D eigenvalue weighted by molar-refractivity contribution is 6.01. The van der Waals surface area contributed by atoms with Gasteiger partial charge in [0.1, 0.15) is 11.7 Å². The van der Waals surface area contributed by atoms with Crippen LogP contribution in [0.4, 0.5) is 11.4 Å². The van der Waals surface area contributed by atoms with Crippen LogP contribution in [0.5, 0.6) is 0 Å². The van der Waals surface area contributed by atoms with Crippen LogP contribution in [0.15, 0.2) is 30.5 Å². The van der Waals surface area contributed by atoms with Gasteiger partial charge in [0, 0.05) is 24.6 Å². The second-order valence-electron chi connectivity index (χ2n) is 9.94. The third-order valence-electron chi connectivity index (χ3n) is 7.14. The van der Waals surface area contributed by atoms with E-state index in [-0.39, 0.29) is 36.2 Å². The number of aryl methyl sites for hydroxylation is 1. The number of amides is 3. The van der Waals surface area contributed by atoms with Crippen molar-refractivity contribution >= 4 is 29.1 Å². The fourth-order valence-electron chi connectivity index (χ4n) is 5.13. The lowest BCUT2D eigenvalue weighted by Crippen LogP contribution is -2.49. The van der Waals surface area contributed by atoms with Crippen LogP contribution in [-0.2, 0) is 27.8 Å². The van der Waals surface area contributed by atoms with Gasteiger partial charge >= 0.3 is 0 Å². The molecule has 1 saturated carbocycles. The number of hydrogen-bond acceptors (Lipinski definition) is 5. The van der Waals surface area contributed by atoms with E-state index >= 15 is 0 Å². The number of anilines is 2. The van der Waals surface area contributed by atoms with E-state index in [1.54, 1.807) is 25.4 Å². The monoisotopic (exact) mass is 495 g/mol. The van der Waals surface area contributed by atoms with E-state index in [4.69, 9.17) is 4.74 Å². The van der Waals surface area contributed by atoms with E-state index in [0.29, 0.717) is 30.1 Å². The maximum Gasteiger partial charge on any atom is 0.270 e. The molecular weight excluding hydrogens is 458 g/mol. The SMILES string of the molecule is C[C@@H]1CC(=O)Nc2cc(NC(=O)C(NC(=O)c3ccnn3C)C3CCCCCCC3)ccc2CCO1. The zero-order valence-corrected chi connectivity index (χ0v) is 21.2. The van der Waals surface area contributed by atoms with Crippen LogP contribution in [0.1, 0.15) is 74.3 Å². The number of nitrogens with zero attached hydrogens (tertiary/aromatic N) is 2. The van der Waals surface area contributed by atoms with Gasteiger partial charge in [0.2, 0.25) is 11.8 Å². The van der Waals surface area contributed by atoms with Crippen LogP contribution in [0.2, 0.25) is 0 Å². The van der Waals surface area contributed by atoms with Gasteiger partial charge in [0.25, 0.3) is 5.91 Å². The minimum absolute atomic E-state index is 0.0497. The van der Waals surface area contributed by atoms with Gasteiger partial charge in [-0.1, -0.05) is 38.2 Å². The summed E-state index contributed by atoms with van der Waals surface area (Å²) < 4.78 is 7.21. The maximum atomic E-state index is 13.6. The summed E-state index contributed by atoms with van der Waals surface area (Å²) in [6.45, 7) is 2.41. The molecule has 1 aliphatic carbocycles. The van der Waals surface area contributed by atoms with Crippen molar-refractivity contribution in [3.05, 3.63) is 41.7 Å². The van der Waals surface area contributed by atoms with Gasteiger partial charge in [-0.3, -0.25) is 19.1 Å². The zero-order valence-electron chi connectivity index (χ0n) is 21.2. The molecule has 3 N–H and O–H groups in total. The van der Waals surface area contributed by atoms with E-state index in [1.807, 2.05) is 19.1 Å². The minimum Gasteiger partial charge on any atom is -0.378 e. The van der Waals surface area contributed by atoms with Crippen LogP contribution in [-0.4, -0.2) is 46.3 Å². The highest BCUT2D eigenvalue weighted by Crippen LogP contribution is 2.28. The number of hydrogen-bond donors (Lipinski definition) is 3. The van der Waals surface area contributed by atoms with E-state index in [2.05, 4.69) is 21.0 Å². The largest absolute Gasteiger partial charge is 0.378 e. The Balaban J connectivity index is 1.54. The number of rotatable bonds is 5. The van der Waals surface area contributed by atoms with E-state index < -0.39 is 6.04 Å². The Kier molecular flexibility index (Phi) is 8.74. The molecule has 1 unspecified atom stereocenters. The minimum atomic E-state index is -0.667. The molecule has 0 spiro atoms. The molecule has 0 radical (unpaired) electrons. The average Bonchev–Trinajstić information content (AvgIpc) is 3.26. The summed E-state index contributed by atoms with van der Waals surface area (Å²) in [5.41, 5.74) is 2.63. The van der Waals surface area contributed by atoms with Gasteiger partial charge in [0.15, 0.2) is 0 Å². The summed E-state index contributed by atoms with van der Waals surface area (Å²) >= 11 is 0. The molecule has 4 rings (SSSR count). The molecule has 0 bridgehead atoms. The molecule has 2 aliphatic rings. The fraction of sp³-hybridized carbons (Fsp3) is 0.556. The van der Waals surface area contributed by atoms with Gasteiger partial charge in [0.05, 0.1) is 19.1 Å². The van der Waals surface area contributed by atoms with Crippen LogP contribution >= 0.6 is 0 Å². The van der Waals surface area contributed by atoms with E-state index in [9.17, 15) is 14.4 Å². The van der Waals surface area contributed by atoms with Crippen molar-refractivity contribution in [2.75, 3.05) is 17.2 Å². The summed E-state index contributed by atoms with van der Waals surface area (Å²) in [6.07, 6.45) is 9.74. The van der Waals surface area contributed by atoms with Gasteiger partial charge in [-0.15, -0.1) is 0 Å². The topological polar surface area (TPSA) is 114 Å². The molecular formula is C27H37N5O4. The maximum absolute atomic E-state index is 13.6. The van der Waals surface area contributed by atoms with Crippen LogP contribution in [0.25, 0.3) is 0 Å². The normalized spacial score (nSPS) is 20.4. The second kappa shape index (κ2) is 12.2. The first kappa shape index (κ1) is 25.9. The van der Waals surface area contributed by atoms with Crippen LogP contribution < -0.4 is 16.0 Å². The Bertz CT molecular complexity index is 1070. The highest BCUT2D eigenvalue weighted by atomic mass is 16.5. The average molecular weight is 496 g/mol. The second-order valence-corrected chi connectivity index (χ2v) is 9.94. The molecule has 1 aromatic heterocycles. The molecule has 9 heteroatoms. The first-order valence-electron chi connectivity index (χ1n) is 13.0. The van der Waals surface area contributed by atoms with E-state index in [0.717, 1.165) is 44.1 Å². The molecule has 2 atom stereocenters. The predicted octanol–water partition coefficient (Wildman–Crippen LogP) is 3.81. The third-order valence-corrected chi connectivity index (χ3v) is 7.14. The molecule has 9 nitrogen and oxygen atoms in total. The Morgan fingerprint density at radius 3 is 2.61 bits per heavy atom. The number of carbonyl (C=O) groups excluding carboxylic acids is 3. The molecule has 194 valence electrons. The number of aromatic nitrogens is 2. The highest BCUT2D eigenvalue weighted by Gasteiger charge is 2.31. The summed E-state index contributed by atoms with van der Waals surface area (Å²) in [5.74, 6) is -0.631. The van der Waals surface area contributed by atoms with Crippen molar-refractivity contribution in [1.29, 1.82) is 0 Å². The summed E-state index contributed by atoms with van der Waals surface area (Å²) in [4.78, 5) is 39.0. The molecule has 3 amide bonds. The number of carbonyl (C=O) groups is 3. The first-order chi connectivity index (χ1) is 17.4. The molecule has 36 heavy (non-hydrogen) atoms. The van der Waals surface area contributed by atoms with Gasteiger partial charge in [-0.2, -0.15) is 5.10 Å². The molecule has 0 saturated heterocycles. The van der Waals surface area contributed by atoms with Crippen molar-refractivity contribution < 1.29 is 19.1 Å². The molecule has 2 aromatic rings. The Hall–Kier alpha value is -3.20. The molecule has 1 aromatic carbocycles. The van der Waals surface area contributed by atoms with Gasteiger partial charge < -0.3 is 20.7 Å². The van der Waals surface area contributed by atoms with Crippen molar-refractivity contribution in [2.24, 2.45) is 13.0 Å². The van der Waals surface area contributed by atoms with Crippen molar-refractivity contribution in [3.63, 3.8) is 0 Å². The molecule has 1 fully saturated rings. The lowest BCUT2D eigenvalue weighted by Gasteiger charge is -2.29. The summed E-state index contributed by atoms with van der Waals surface area (Å²) in [7, 11) is 1.71. The zero-order chi connectivity index (χ0) is 25.5. The smallest absolute Gasteiger partial charge is 0.270 e. The fourth-order valence-corrected chi connectivity index (χ4v) is 5.13. The predicted molar refractivity (Wildman–Crippen MR) is 138 cm³/mol.